The van der Waals surface area contributed by atoms with Gasteiger partial charge in [-0.15, -0.1) is 0 Å². The average molecular weight is 321 g/mol. The van der Waals surface area contributed by atoms with Crippen LogP contribution < -0.4 is 5.73 Å². The Labute approximate surface area is 125 Å². The van der Waals surface area contributed by atoms with Gasteiger partial charge in [-0.2, -0.15) is 8.42 Å². The summed E-state index contributed by atoms with van der Waals surface area (Å²) in [5.41, 5.74) is 2.73. The van der Waals surface area contributed by atoms with Gasteiger partial charge < -0.3 is 14.7 Å². The van der Waals surface area contributed by atoms with E-state index in [0.29, 0.717) is 5.02 Å². The number of ether oxygens (including phenoxy) is 1. The summed E-state index contributed by atoms with van der Waals surface area (Å²) < 4.78 is 55.4. The van der Waals surface area contributed by atoms with E-state index in [1.54, 1.807) is 0 Å². The van der Waals surface area contributed by atoms with Crippen LogP contribution in [0.4, 0.5) is 0 Å². The minimum Gasteiger partial charge on any atom is -0.460 e. The summed E-state index contributed by atoms with van der Waals surface area (Å²) >= 11 is 5.73. The third kappa shape index (κ3) is 2.88. The molecular weight excluding hydrogens is 306 g/mol. The van der Waals surface area contributed by atoms with Crippen LogP contribution in [0.25, 0.3) is 0 Å². The first-order valence-corrected chi connectivity index (χ1v) is 7.11. The molecule has 0 radical (unpaired) electrons. The maximum Gasteiger partial charge on any atom is 0.309 e. The summed E-state index contributed by atoms with van der Waals surface area (Å²) in [6, 6.07) is 5.52. The zero-order chi connectivity index (χ0) is 17.6. The SMILES string of the molecule is [2H]C1(c2ccc(Cl)cc2)OC(N)=C(OS(=O)(=O)C([2H])([2H])C)C1=O. The van der Waals surface area contributed by atoms with Gasteiger partial charge in [0.25, 0.3) is 0 Å². The molecule has 8 heteroatoms. The van der Waals surface area contributed by atoms with Crippen molar-refractivity contribution < 1.29 is 26.2 Å². The maximum atomic E-state index is 12.3. The fourth-order valence-corrected chi connectivity index (χ4v) is 2.03. The molecule has 2 N–H and O–H groups in total. The lowest BCUT2D eigenvalue weighted by atomic mass is 10.1. The van der Waals surface area contributed by atoms with Gasteiger partial charge in [-0.05, 0) is 19.1 Å². The largest absolute Gasteiger partial charge is 0.460 e. The molecule has 1 heterocycles. The van der Waals surface area contributed by atoms with Gasteiger partial charge in [-0.1, -0.05) is 23.7 Å². The maximum absolute atomic E-state index is 12.3. The van der Waals surface area contributed by atoms with Crippen LogP contribution in [-0.4, -0.2) is 19.9 Å². The van der Waals surface area contributed by atoms with Crippen LogP contribution in [0.2, 0.25) is 5.02 Å². The minimum absolute atomic E-state index is 0.0605. The Morgan fingerprint density at radius 2 is 2.10 bits per heavy atom. The van der Waals surface area contributed by atoms with Gasteiger partial charge in [-0.25, -0.2) is 0 Å². The zero-order valence-electron chi connectivity index (χ0n) is 13.2. The molecule has 6 nitrogen and oxygen atoms in total. The number of Topliss-reactive ketones (excluding diaryl/α,β-unsaturated/α-hetero) is 1. The van der Waals surface area contributed by atoms with E-state index < -0.39 is 39.3 Å². The lowest BCUT2D eigenvalue weighted by Crippen LogP contribution is -2.16. The van der Waals surface area contributed by atoms with Crippen molar-refractivity contribution in [2.24, 2.45) is 5.73 Å². The summed E-state index contributed by atoms with van der Waals surface area (Å²) in [7, 11) is -4.80. The first kappa shape index (κ1) is 11.0. The molecule has 1 aliphatic heterocycles. The van der Waals surface area contributed by atoms with Crippen molar-refractivity contribution >= 4 is 27.5 Å². The molecule has 0 saturated heterocycles. The van der Waals surface area contributed by atoms with Crippen LogP contribution in [0, 0.1) is 0 Å². The molecular formula is C12H12ClNO5S. The Hall–Kier alpha value is -1.73. The van der Waals surface area contributed by atoms with Crippen molar-refractivity contribution in [2.45, 2.75) is 13.0 Å². The van der Waals surface area contributed by atoms with Gasteiger partial charge in [0, 0.05) is 13.3 Å². The Morgan fingerprint density at radius 3 is 2.65 bits per heavy atom. The highest BCUT2D eigenvalue weighted by molar-refractivity contribution is 7.86. The second kappa shape index (κ2) is 5.34. The first-order chi connectivity index (χ1) is 10.4. The fraction of sp³-hybridized carbons (Fsp3) is 0.250. The lowest BCUT2D eigenvalue weighted by Gasteiger charge is -2.09. The number of rotatable bonds is 4. The molecule has 0 aromatic heterocycles. The molecule has 20 heavy (non-hydrogen) atoms. The predicted molar refractivity (Wildman–Crippen MR) is 72.0 cm³/mol. The number of nitrogens with two attached hydrogens (primary N) is 1. The molecule has 1 aromatic carbocycles. The summed E-state index contributed by atoms with van der Waals surface area (Å²) in [6.07, 6.45) is -2.33. The predicted octanol–water partition coefficient (Wildman–Crippen LogP) is 1.47. The van der Waals surface area contributed by atoms with E-state index in [2.05, 4.69) is 4.18 Å². The van der Waals surface area contributed by atoms with Gasteiger partial charge in [0.15, 0.2) is 6.08 Å². The van der Waals surface area contributed by atoms with E-state index in [9.17, 15) is 13.2 Å². The highest BCUT2D eigenvalue weighted by Crippen LogP contribution is 2.32. The molecule has 0 bridgehead atoms. The number of hydrogen-bond acceptors (Lipinski definition) is 6. The van der Waals surface area contributed by atoms with Crippen LogP contribution >= 0.6 is 11.6 Å². The second-order valence-electron chi connectivity index (χ2n) is 3.70. The standard InChI is InChI=1S/C12H12ClNO5S/c1-2-20(16,17)19-11-9(15)10(18-12(11)14)7-3-5-8(13)6-4-7/h3-6,10H,2,14H2,1H3/i2D2,10D. The van der Waals surface area contributed by atoms with Crippen LogP contribution in [0.3, 0.4) is 0 Å². The van der Waals surface area contributed by atoms with Gasteiger partial charge in [0.2, 0.25) is 17.4 Å². The van der Waals surface area contributed by atoms with E-state index in [1.807, 2.05) is 0 Å². The highest BCUT2D eigenvalue weighted by atomic mass is 35.5. The van der Waals surface area contributed by atoms with Gasteiger partial charge in [0.1, 0.15) is 0 Å². The van der Waals surface area contributed by atoms with Crippen molar-refractivity contribution in [3.63, 3.8) is 0 Å². The normalized spacial score (nSPS) is 25.7. The molecule has 2 rings (SSSR count). The van der Waals surface area contributed by atoms with Crippen LogP contribution in [0.1, 0.15) is 22.7 Å². The molecule has 0 saturated carbocycles. The molecule has 1 aromatic rings. The Balaban J connectivity index is 2.37. The molecule has 1 atom stereocenters. The monoisotopic (exact) mass is 320 g/mol. The summed E-state index contributed by atoms with van der Waals surface area (Å²) in [5, 5.41) is 0.363. The summed E-state index contributed by atoms with van der Waals surface area (Å²) in [4.78, 5) is 12.3. The van der Waals surface area contributed by atoms with Crippen LogP contribution in [0.15, 0.2) is 35.9 Å². The van der Waals surface area contributed by atoms with Gasteiger partial charge in [-0.3, -0.25) is 4.79 Å². The van der Waals surface area contributed by atoms with Crippen molar-refractivity contribution in [2.75, 3.05) is 5.70 Å². The smallest absolute Gasteiger partial charge is 0.309 e. The third-order valence-corrected chi connectivity index (χ3v) is 3.54. The first-order valence-electron chi connectivity index (χ1n) is 6.82. The van der Waals surface area contributed by atoms with Crippen molar-refractivity contribution in [1.82, 2.24) is 0 Å². The van der Waals surface area contributed by atoms with Crippen LogP contribution in [0.5, 0.6) is 0 Å². The van der Waals surface area contributed by atoms with Crippen LogP contribution in [-0.2, 0) is 23.8 Å². The molecule has 0 amide bonds. The number of carbonyl (C=O) groups is 1. The molecule has 1 aliphatic rings. The third-order valence-electron chi connectivity index (χ3n) is 2.40. The summed E-state index contributed by atoms with van der Waals surface area (Å²) in [5.74, 6) is -2.81. The molecule has 108 valence electrons. The van der Waals surface area contributed by atoms with E-state index in [0.717, 1.165) is 6.92 Å². The van der Waals surface area contributed by atoms with E-state index in [-0.39, 0.29) is 5.56 Å². The molecule has 0 spiro atoms. The van der Waals surface area contributed by atoms with Gasteiger partial charge in [0.05, 0.1) is 7.08 Å². The number of halogens is 1. The van der Waals surface area contributed by atoms with E-state index in [4.69, 9.17) is 26.2 Å². The van der Waals surface area contributed by atoms with Crippen molar-refractivity contribution in [1.29, 1.82) is 0 Å². The number of ketones is 1. The highest BCUT2D eigenvalue weighted by Gasteiger charge is 2.39. The summed E-state index contributed by atoms with van der Waals surface area (Å²) in [6.45, 7) is 0.743. The number of hydrogen-bond donors (Lipinski definition) is 1. The quantitative estimate of drug-likeness (QED) is 0.844. The topological polar surface area (TPSA) is 95.7 Å². The Morgan fingerprint density at radius 1 is 1.50 bits per heavy atom. The molecule has 0 fully saturated rings. The molecule has 0 aliphatic carbocycles. The molecule has 1 unspecified atom stereocenters. The Bertz CT molecular complexity index is 788. The Kier molecular flexibility index (Phi) is 2.93. The minimum atomic E-state index is -4.80. The van der Waals surface area contributed by atoms with Crippen molar-refractivity contribution in [3.8, 4) is 0 Å². The van der Waals surface area contributed by atoms with E-state index >= 15 is 0 Å². The second-order valence-corrected chi connectivity index (χ2v) is 5.62. The average Bonchev–Trinajstić information content (AvgIpc) is 2.62. The number of benzene rings is 1. The zero-order valence-corrected chi connectivity index (χ0v) is 11.8. The van der Waals surface area contributed by atoms with Gasteiger partial charge >= 0.3 is 10.1 Å². The lowest BCUT2D eigenvalue weighted by molar-refractivity contribution is -0.123. The van der Waals surface area contributed by atoms with Crippen molar-refractivity contribution in [3.05, 3.63) is 46.5 Å². The fourth-order valence-electron chi connectivity index (χ4n) is 1.44. The number of carbonyl (C=O) groups excluding carboxylic acids is 1. The van der Waals surface area contributed by atoms with E-state index in [1.165, 1.54) is 24.3 Å².